The number of ether oxygens (including phenoxy) is 1. The molecule has 0 bridgehead atoms. The summed E-state index contributed by atoms with van der Waals surface area (Å²) in [6.45, 7) is 6.14. The molecule has 63 valence electrons. The van der Waals surface area contributed by atoms with Crippen LogP contribution in [0.5, 0.6) is 0 Å². The van der Waals surface area contributed by atoms with Crippen LogP contribution in [-0.2, 0) is 4.74 Å². The van der Waals surface area contributed by atoms with Gasteiger partial charge in [-0.15, -0.1) is 0 Å². The van der Waals surface area contributed by atoms with Crippen molar-refractivity contribution in [1.82, 2.24) is 0 Å². The molecule has 0 N–H and O–H groups in total. The molecule has 1 saturated carbocycles. The van der Waals surface area contributed by atoms with Gasteiger partial charge in [0.25, 0.3) is 0 Å². The van der Waals surface area contributed by atoms with E-state index in [4.69, 9.17) is 4.74 Å². The number of fused-ring (bicyclic) bond motifs is 1. The number of hydrogen-bond acceptors (Lipinski definition) is 1. The maximum Gasteiger partial charge on any atom is 0.0920 e. The van der Waals surface area contributed by atoms with Crippen molar-refractivity contribution < 1.29 is 4.74 Å². The molecule has 2 fully saturated rings. The Morgan fingerprint density at radius 3 is 3.09 bits per heavy atom. The van der Waals surface area contributed by atoms with Gasteiger partial charge in [-0.25, -0.2) is 0 Å². The third kappa shape index (κ3) is 1.31. The molecule has 3 atom stereocenters. The average Bonchev–Trinajstić information content (AvgIpc) is 2.61. The highest BCUT2D eigenvalue weighted by Crippen LogP contribution is 2.49. The van der Waals surface area contributed by atoms with E-state index in [0.717, 1.165) is 12.3 Å². The molecule has 1 saturated heterocycles. The highest BCUT2D eigenvalue weighted by atomic mass is 16.6. The largest absolute Gasteiger partial charge is 0.366 e. The average molecular weight is 153 g/mol. The van der Waals surface area contributed by atoms with Crippen LogP contribution in [0.25, 0.3) is 0 Å². The second kappa shape index (κ2) is 2.48. The lowest BCUT2D eigenvalue weighted by Crippen LogP contribution is -2.20. The van der Waals surface area contributed by atoms with Crippen LogP contribution in [0.3, 0.4) is 0 Å². The SMILES string of the molecule is [CH2]CCC1CCC2(C)OC2C1. The van der Waals surface area contributed by atoms with Crippen molar-refractivity contribution in [1.29, 1.82) is 0 Å². The summed E-state index contributed by atoms with van der Waals surface area (Å²) in [6, 6.07) is 0. The zero-order chi connectivity index (χ0) is 7.90. The Kier molecular flexibility index (Phi) is 1.71. The maximum atomic E-state index is 5.62. The van der Waals surface area contributed by atoms with Crippen molar-refractivity contribution in [2.75, 3.05) is 0 Å². The molecule has 0 aromatic heterocycles. The van der Waals surface area contributed by atoms with E-state index < -0.39 is 0 Å². The topological polar surface area (TPSA) is 12.5 Å². The summed E-state index contributed by atoms with van der Waals surface area (Å²) in [7, 11) is 0. The first-order valence-electron chi connectivity index (χ1n) is 4.72. The highest BCUT2D eigenvalue weighted by Gasteiger charge is 2.54. The lowest BCUT2D eigenvalue weighted by Gasteiger charge is -2.21. The summed E-state index contributed by atoms with van der Waals surface area (Å²) in [5.41, 5.74) is 0.303. The molecule has 1 heteroatoms. The van der Waals surface area contributed by atoms with E-state index in [1.165, 1.54) is 25.7 Å². The Morgan fingerprint density at radius 1 is 1.64 bits per heavy atom. The first kappa shape index (κ1) is 7.60. The number of epoxide rings is 1. The third-order valence-electron chi connectivity index (χ3n) is 3.24. The molecule has 1 radical (unpaired) electrons. The van der Waals surface area contributed by atoms with Gasteiger partial charge >= 0.3 is 0 Å². The quantitative estimate of drug-likeness (QED) is 0.555. The standard InChI is InChI=1S/C10H17O/c1-3-4-8-5-6-10(2)9(7-8)11-10/h8-9H,1,3-7H2,2H3. The lowest BCUT2D eigenvalue weighted by atomic mass is 9.81. The minimum Gasteiger partial charge on any atom is -0.366 e. The van der Waals surface area contributed by atoms with Crippen LogP contribution in [0, 0.1) is 12.8 Å². The molecule has 2 rings (SSSR count). The molecule has 2 aliphatic rings. The second-order valence-corrected chi connectivity index (χ2v) is 4.20. The van der Waals surface area contributed by atoms with Gasteiger partial charge in [-0.2, -0.15) is 0 Å². The fourth-order valence-electron chi connectivity index (χ4n) is 2.27. The van der Waals surface area contributed by atoms with E-state index in [1.807, 2.05) is 0 Å². The van der Waals surface area contributed by atoms with Crippen molar-refractivity contribution >= 4 is 0 Å². The number of rotatable bonds is 2. The van der Waals surface area contributed by atoms with Crippen LogP contribution < -0.4 is 0 Å². The van der Waals surface area contributed by atoms with Gasteiger partial charge in [0.05, 0.1) is 11.7 Å². The monoisotopic (exact) mass is 153 g/mol. The van der Waals surface area contributed by atoms with E-state index >= 15 is 0 Å². The molecule has 0 aromatic carbocycles. The zero-order valence-electron chi connectivity index (χ0n) is 7.31. The fraction of sp³-hybridized carbons (Fsp3) is 0.900. The molecule has 11 heavy (non-hydrogen) atoms. The summed E-state index contributed by atoms with van der Waals surface area (Å²) in [6.07, 6.45) is 6.94. The maximum absolute atomic E-state index is 5.62. The van der Waals surface area contributed by atoms with Crippen LogP contribution in [0.15, 0.2) is 0 Å². The van der Waals surface area contributed by atoms with E-state index in [1.54, 1.807) is 0 Å². The van der Waals surface area contributed by atoms with Crippen LogP contribution >= 0.6 is 0 Å². The van der Waals surface area contributed by atoms with E-state index in [2.05, 4.69) is 13.8 Å². The Balaban J connectivity index is 1.83. The van der Waals surface area contributed by atoms with Gasteiger partial charge in [-0.1, -0.05) is 19.8 Å². The van der Waals surface area contributed by atoms with Gasteiger partial charge in [0, 0.05) is 0 Å². The molecule has 0 amide bonds. The van der Waals surface area contributed by atoms with Gasteiger partial charge in [0.15, 0.2) is 0 Å². The predicted octanol–water partition coefficient (Wildman–Crippen LogP) is 2.56. The second-order valence-electron chi connectivity index (χ2n) is 4.20. The molecular weight excluding hydrogens is 136 g/mol. The van der Waals surface area contributed by atoms with Crippen LogP contribution in [0.1, 0.15) is 39.0 Å². The molecule has 3 unspecified atom stereocenters. The summed E-state index contributed by atoms with van der Waals surface area (Å²) in [5.74, 6) is 0.910. The molecule has 1 heterocycles. The third-order valence-corrected chi connectivity index (χ3v) is 3.24. The van der Waals surface area contributed by atoms with E-state index in [-0.39, 0.29) is 0 Å². The summed E-state index contributed by atoms with van der Waals surface area (Å²) < 4.78 is 5.62. The minimum absolute atomic E-state index is 0.303. The van der Waals surface area contributed by atoms with Crippen molar-refractivity contribution in [2.24, 2.45) is 5.92 Å². The Morgan fingerprint density at radius 2 is 2.45 bits per heavy atom. The summed E-state index contributed by atoms with van der Waals surface area (Å²) in [5, 5.41) is 0. The first-order valence-corrected chi connectivity index (χ1v) is 4.72. The van der Waals surface area contributed by atoms with E-state index in [9.17, 15) is 0 Å². The smallest absolute Gasteiger partial charge is 0.0920 e. The minimum atomic E-state index is 0.303. The summed E-state index contributed by atoms with van der Waals surface area (Å²) in [4.78, 5) is 0. The molecule has 0 aromatic rings. The van der Waals surface area contributed by atoms with Gasteiger partial charge in [-0.05, 0) is 32.1 Å². The lowest BCUT2D eigenvalue weighted by molar-refractivity contribution is 0.299. The van der Waals surface area contributed by atoms with Gasteiger partial charge in [0.1, 0.15) is 0 Å². The molecular formula is C10H17O. The number of hydrogen-bond donors (Lipinski definition) is 0. The molecule has 1 aliphatic heterocycles. The van der Waals surface area contributed by atoms with Gasteiger partial charge in [-0.3, -0.25) is 0 Å². The van der Waals surface area contributed by atoms with Gasteiger partial charge in [0.2, 0.25) is 0 Å². The molecule has 1 nitrogen and oxygen atoms in total. The van der Waals surface area contributed by atoms with Crippen molar-refractivity contribution in [3.63, 3.8) is 0 Å². The van der Waals surface area contributed by atoms with E-state index in [0.29, 0.717) is 11.7 Å². The van der Waals surface area contributed by atoms with Crippen LogP contribution in [0.2, 0.25) is 0 Å². The van der Waals surface area contributed by atoms with Gasteiger partial charge < -0.3 is 4.74 Å². The van der Waals surface area contributed by atoms with Crippen LogP contribution in [-0.4, -0.2) is 11.7 Å². The molecule has 0 spiro atoms. The Labute approximate surface area is 69.1 Å². The van der Waals surface area contributed by atoms with Crippen LogP contribution in [0.4, 0.5) is 0 Å². The molecule has 1 aliphatic carbocycles. The fourth-order valence-corrected chi connectivity index (χ4v) is 2.27. The zero-order valence-corrected chi connectivity index (χ0v) is 7.31. The summed E-state index contributed by atoms with van der Waals surface area (Å²) >= 11 is 0. The Bertz CT molecular complexity index is 155. The normalized spacial score (nSPS) is 48.5. The predicted molar refractivity (Wildman–Crippen MR) is 45.2 cm³/mol. The highest BCUT2D eigenvalue weighted by molar-refractivity contribution is 5.03. The van der Waals surface area contributed by atoms with Crippen molar-refractivity contribution in [3.05, 3.63) is 6.92 Å². The van der Waals surface area contributed by atoms with Crippen molar-refractivity contribution in [3.8, 4) is 0 Å². The first-order chi connectivity index (χ1) is 5.24. The Hall–Kier alpha value is -0.0400. The van der Waals surface area contributed by atoms with Crippen molar-refractivity contribution in [2.45, 2.75) is 50.7 Å².